The SMILES string of the molecule is C[Si](C)(C)CC=CCC1(S(=O)(=O)c2ccccc2)CCCCC1=O. The average Bonchev–Trinajstić information content (AvgIpc) is 2.53. The van der Waals surface area contributed by atoms with Crippen LogP contribution in [0.2, 0.25) is 25.7 Å². The Morgan fingerprint density at radius 2 is 1.75 bits per heavy atom. The van der Waals surface area contributed by atoms with Crippen LogP contribution in [0.4, 0.5) is 0 Å². The Morgan fingerprint density at radius 3 is 2.33 bits per heavy atom. The van der Waals surface area contributed by atoms with E-state index in [0.29, 0.717) is 19.3 Å². The van der Waals surface area contributed by atoms with Crippen molar-refractivity contribution in [2.75, 3.05) is 0 Å². The minimum Gasteiger partial charge on any atom is -0.298 e. The zero-order chi connectivity index (χ0) is 17.8. The molecule has 0 aliphatic heterocycles. The highest BCUT2D eigenvalue weighted by atomic mass is 32.2. The molecule has 0 spiro atoms. The van der Waals surface area contributed by atoms with Gasteiger partial charge >= 0.3 is 0 Å². The number of ketones is 1. The number of hydrogen-bond donors (Lipinski definition) is 0. The lowest BCUT2D eigenvalue weighted by atomic mass is 9.84. The van der Waals surface area contributed by atoms with E-state index in [0.717, 1.165) is 18.9 Å². The maximum Gasteiger partial charge on any atom is 0.191 e. The summed E-state index contributed by atoms with van der Waals surface area (Å²) in [4.78, 5) is 13.0. The molecule has 1 aliphatic rings. The summed E-state index contributed by atoms with van der Waals surface area (Å²) in [6.45, 7) is 6.83. The Hall–Kier alpha value is -1.20. The molecule has 0 aromatic heterocycles. The van der Waals surface area contributed by atoms with Gasteiger partial charge in [-0.25, -0.2) is 8.42 Å². The summed E-state index contributed by atoms with van der Waals surface area (Å²) >= 11 is 0. The Labute approximate surface area is 147 Å². The maximum absolute atomic E-state index is 13.3. The van der Waals surface area contributed by atoms with E-state index >= 15 is 0 Å². The zero-order valence-electron chi connectivity index (χ0n) is 14.9. The normalized spacial score (nSPS) is 22.9. The molecule has 0 bridgehead atoms. The van der Waals surface area contributed by atoms with Crippen LogP contribution >= 0.6 is 0 Å². The summed E-state index contributed by atoms with van der Waals surface area (Å²) < 4.78 is 25.3. The lowest BCUT2D eigenvalue weighted by Gasteiger charge is -2.34. The van der Waals surface area contributed by atoms with Crippen LogP contribution in [-0.4, -0.2) is 27.0 Å². The second kappa shape index (κ2) is 7.36. The van der Waals surface area contributed by atoms with Crippen molar-refractivity contribution in [2.45, 2.75) is 67.4 Å². The number of hydrogen-bond acceptors (Lipinski definition) is 3. The molecule has 2 rings (SSSR count). The molecule has 24 heavy (non-hydrogen) atoms. The summed E-state index contributed by atoms with van der Waals surface area (Å²) in [5, 5.41) is 0. The van der Waals surface area contributed by atoms with E-state index in [-0.39, 0.29) is 10.7 Å². The van der Waals surface area contributed by atoms with E-state index in [9.17, 15) is 13.2 Å². The summed E-state index contributed by atoms with van der Waals surface area (Å²) in [6, 6.07) is 9.43. The third-order valence-electron chi connectivity index (χ3n) is 4.66. The number of carbonyl (C=O) groups is 1. The van der Waals surface area contributed by atoms with Crippen molar-refractivity contribution >= 4 is 23.7 Å². The second-order valence-corrected chi connectivity index (χ2v) is 15.7. The van der Waals surface area contributed by atoms with Gasteiger partial charge in [-0.05, 0) is 37.4 Å². The van der Waals surface area contributed by atoms with Crippen molar-refractivity contribution in [3.63, 3.8) is 0 Å². The Morgan fingerprint density at radius 1 is 1.08 bits per heavy atom. The molecule has 1 aromatic carbocycles. The van der Waals surface area contributed by atoms with Gasteiger partial charge in [0.1, 0.15) is 4.75 Å². The first-order valence-corrected chi connectivity index (χ1v) is 13.9. The molecule has 1 aromatic rings. The van der Waals surface area contributed by atoms with E-state index in [4.69, 9.17) is 0 Å². The molecule has 132 valence electrons. The van der Waals surface area contributed by atoms with Crippen molar-refractivity contribution in [3.8, 4) is 0 Å². The van der Waals surface area contributed by atoms with Gasteiger partial charge in [-0.3, -0.25) is 4.79 Å². The predicted molar refractivity (Wildman–Crippen MR) is 102 cm³/mol. The average molecular weight is 365 g/mol. The highest BCUT2D eigenvalue weighted by Crippen LogP contribution is 2.39. The first-order valence-electron chi connectivity index (χ1n) is 8.67. The van der Waals surface area contributed by atoms with E-state index in [1.54, 1.807) is 30.3 Å². The summed E-state index contributed by atoms with van der Waals surface area (Å²) in [6.07, 6.45) is 6.70. The van der Waals surface area contributed by atoms with Gasteiger partial charge in [0, 0.05) is 14.5 Å². The molecule has 1 saturated carbocycles. The molecule has 1 aliphatic carbocycles. The van der Waals surface area contributed by atoms with E-state index in [1.807, 2.05) is 6.08 Å². The van der Waals surface area contributed by atoms with Crippen LogP contribution < -0.4 is 0 Å². The number of allylic oxidation sites excluding steroid dienone is 2. The van der Waals surface area contributed by atoms with Crippen LogP contribution in [0.25, 0.3) is 0 Å². The highest BCUT2D eigenvalue weighted by molar-refractivity contribution is 7.93. The summed E-state index contributed by atoms with van der Waals surface area (Å²) in [5.41, 5.74) is 0. The lowest BCUT2D eigenvalue weighted by Crippen LogP contribution is -2.48. The van der Waals surface area contributed by atoms with Gasteiger partial charge in [0.05, 0.1) is 4.90 Å². The molecule has 1 unspecified atom stereocenters. The Bertz CT molecular complexity index is 702. The topological polar surface area (TPSA) is 51.2 Å². The number of sulfone groups is 1. The molecule has 0 heterocycles. The van der Waals surface area contributed by atoms with Crippen LogP contribution in [0.15, 0.2) is 47.4 Å². The van der Waals surface area contributed by atoms with Crippen molar-refractivity contribution in [1.29, 1.82) is 0 Å². The minimum absolute atomic E-state index is 0.116. The van der Waals surface area contributed by atoms with Gasteiger partial charge in [0.25, 0.3) is 0 Å². The molecule has 0 radical (unpaired) electrons. The molecule has 0 N–H and O–H groups in total. The zero-order valence-corrected chi connectivity index (χ0v) is 16.7. The molecular formula is C19H28O3SSi. The first-order chi connectivity index (χ1) is 11.2. The molecule has 1 fully saturated rings. The van der Waals surface area contributed by atoms with Crippen LogP contribution in [-0.2, 0) is 14.6 Å². The van der Waals surface area contributed by atoms with Crippen LogP contribution in [0.1, 0.15) is 32.1 Å². The van der Waals surface area contributed by atoms with Gasteiger partial charge in [-0.1, -0.05) is 56.4 Å². The van der Waals surface area contributed by atoms with Crippen LogP contribution in [0.5, 0.6) is 0 Å². The van der Waals surface area contributed by atoms with Crippen molar-refractivity contribution in [2.24, 2.45) is 0 Å². The molecule has 1 atom stereocenters. The molecular weight excluding hydrogens is 336 g/mol. The van der Waals surface area contributed by atoms with Crippen LogP contribution in [0.3, 0.4) is 0 Å². The number of benzene rings is 1. The standard InChI is InChI=1S/C19H28O3SSi/c1-24(2,3)16-10-9-15-19(14-8-7-13-18(19)20)23(21,22)17-11-5-4-6-12-17/h4-6,9-12H,7-8,13-16H2,1-3H3. The fraction of sp³-hybridized carbons (Fsp3) is 0.526. The molecule has 3 nitrogen and oxygen atoms in total. The lowest BCUT2D eigenvalue weighted by molar-refractivity contribution is -0.123. The monoisotopic (exact) mass is 364 g/mol. The summed E-state index contributed by atoms with van der Waals surface area (Å²) in [5.74, 6) is -0.116. The van der Waals surface area contributed by atoms with Gasteiger partial charge in [0.15, 0.2) is 15.6 Å². The first kappa shape index (κ1) is 19.1. The van der Waals surface area contributed by atoms with Crippen molar-refractivity contribution < 1.29 is 13.2 Å². The maximum atomic E-state index is 13.3. The van der Waals surface area contributed by atoms with Crippen LogP contribution in [0, 0.1) is 0 Å². The Balaban J connectivity index is 2.36. The molecule has 0 amide bonds. The van der Waals surface area contributed by atoms with Gasteiger partial charge < -0.3 is 0 Å². The molecule has 0 saturated heterocycles. The third-order valence-corrected chi connectivity index (χ3v) is 8.64. The minimum atomic E-state index is -3.68. The van der Waals surface area contributed by atoms with E-state index < -0.39 is 22.7 Å². The fourth-order valence-corrected chi connectivity index (χ4v) is 6.18. The largest absolute Gasteiger partial charge is 0.298 e. The Kier molecular flexibility index (Phi) is 5.86. The van der Waals surface area contributed by atoms with E-state index in [2.05, 4.69) is 25.7 Å². The third kappa shape index (κ3) is 4.06. The summed E-state index contributed by atoms with van der Waals surface area (Å²) in [7, 11) is -4.89. The predicted octanol–water partition coefficient (Wildman–Crippen LogP) is 4.63. The van der Waals surface area contributed by atoms with Crippen molar-refractivity contribution in [3.05, 3.63) is 42.5 Å². The van der Waals surface area contributed by atoms with Gasteiger partial charge in [-0.2, -0.15) is 0 Å². The highest BCUT2D eigenvalue weighted by Gasteiger charge is 2.50. The quantitative estimate of drug-likeness (QED) is 0.546. The van der Waals surface area contributed by atoms with Crippen molar-refractivity contribution in [1.82, 2.24) is 0 Å². The second-order valence-electron chi connectivity index (χ2n) is 7.88. The fourth-order valence-electron chi connectivity index (χ4n) is 3.21. The smallest absolute Gasteiger partial charge is 0.191 e. The number of rotatable bonds is 6. The number of Topliss-reactive ketones (excluding diaryl/α,β-unsaturated/α-hetero) is 1. The van der Waals surface area contributed by atoms with E-state index in [1.165, 1.54) is 0 Å². The van der Waals surface area contributed by atoms with Gasteiger partial charge in [0.2, 0.25) is 0 Å². The molecule has 5 heteroatoms. The van der Waals surface area contributed by atoms with Gasteiger partial charge in [-0.15, -0.1) is 0 Å². The number of carbonyl (C=O) groups excluding carboxylic acids is 1.